The minimum atomic E-state index is -0.836. The number of hydrogen-bond donors (Lipinski definition) is 1. The Hall–Kier alpha value is -1.35. The third-order valence-corrected chi connectivity index (χ3v) is 2.78. The number of benzene rings is 1. The van der Waals surface area contributed by atoms with Gasteiger partial charge in [0.2, 0.25) is 0 Å². The minimum Gasteiger partial charge on any atom is -0.481 e. The second-order valence-corrected chi connectivity index (χ2v) is 3.91. The summed E-state index contributed by atoms with van der Waals surface area (Å²) in [7, 11) is 1.55. The van der Waals surface area contributed by atoms with Crippen LogP contribution in [-0.4, -0.2) is 24.3 Å². The number of carbonyl (C=O) groups is 1. The Kier molecular flexibility index (Phi) is 4.50. The average molecular weight is 222 g/mol. The summed E-state index contributed by atoms with van der Waals surface area (Å²) in [6.45, 7) is 3.91. The molecule has 0 fully saturated rings. The fourth-order valence-electron chi connectivity index (χ4n) is 1.83. The van der Waals surface area contributed by atoms with Crippen molar-refractivity contribution in [3.8, 4) is 0 Å². The van der Waals surface area contributed by atoms with Crippen molar-refractivity contribution in [1.82, 2.24) is 0 Å². The van der Waals surface area contributed by atoms with Gasteiger partial charge in [0.15, 0.2) is 0 Å². The summed E-state index contributed by atoms with van der Waals surface area (Å²) in [5.41, 5.74) is 1.92. The SMILES string of the molecule is CCC(OC)C(C(=O)O)c1ccc(C)cc1. The Labute approximate surface area is 96.1 Å². The van der Waals surface area contributed by atoms with Gasteiger partial charge in [0, 0.05) is 7.11 Å². The van der Waals surface area contributed by atoms with Crippen molar-refractivity contribution in [3.05, 3.63) is 35.4 Å². The second kappa shape index (κ2) is 5.66. The van der Waals surface area contributed by atoms with E-state index in [1.807, 2.05) is 38.1 Å². The Bertz CT molecular complexity index is 339. The largest absolute Gasteiger partial charge is 0.481 e. The van der Waals surface area contributed by atoms with Gasteiger partial charge in [-0.1, -0.05) is 36.8 Å². The topological polar surface area (TPSA) is 46.5 Å². The van der Waals surface area contributed by atoms with Gasteiger partial charge in [-0.25, -0.2) is 0 Å². The van der Waals surface area contributed by atoms with Crippen LogP contribution in [0.25, 0.3) is 0 Å². The maximum atomic E-state index is 11.3. The molecule has 0 aliphatic rings. The fraction of sp³-hybridized carbons (Fsp3) is 0.462. The standard InChI is InChI=1S/C13H18O3/c1-4-11(16-3)12(13(14)15)10-7-5-9(2)6-8-10/h5-8,11-12H,4H2,1-3H3,(H,14,15). The molecule has 0 heterocycles. The molecule has 88 valence electrons. The molecule has 3 heteroatoms. The van der Waals surface area contributed by atoms with Crippen molar-refractivity contribution in [2.45, 2.75) is 32.3 Å². The van der Waals surface area contributed by atoms with Crippen LogP contribution in [0.5, 0.6) is 0 Å². The van der Waals surface area contributed by atoms with Gasteiger partial charge in [-0.05, 0) is 18.9 Å². The van der Waals surface area contributed by atoms with Gasteiger partial charge >= 0.3 is 5.97 Å². The first-order valence-corrected chi connectivity index (χ1v) is 5.42. The normalized spacial score (nSPS) is 14.4. The van der Waals surface area contributed by atoms with E-state index in [4.69, 9.17) is 4.74 Å². The second-order valence-electron chi connectivity index (χ2n) is 3.91. The monoisotopic (exact) mass is 222 g/mol. The molecule has 0 saturated heterocycles. The smallest absolute Gasteiger partial charge is 0.313 e. The van der Waals surface area contributed by atoms with Crippen molar-refractivity contribution in [1.29, 1.82) is 0 Å². The van der Waals surface area contributed by atoms with Crippen LogP contribution in [0.2, 0.25) is 0 Å². The van der Waals surface area contributed by atoms with E-state index >= 15 is 0 Å². The molecule has 1 aromatic carbocycles. The molecule has 0 radical (unpaired) electrons. The molecule has 0 spiro atoms. The molecule has 1 aromatic rings. The fourth-order valence-corrected chi connectivity index (χ4v) is 1.83. The van der Waals surface area contributed by atoms with Gasteiger partial charge in [0.05, 0.1) is 6.10 Å². The highest BCUT2D eigenvalue weighted by atomic mass is 16.5. The number of aliphatic carboxylic acids is 1. The van der Waals surface area contributed by atoms with Crippen LogP contribution in [-0.2, 0) is 9.53 Å². The molecule has 1 rings (SSSR count). The lowest BCUT2D eigenvalue weighted by molar-refractivity contribution is -0.142. The lowest BCUT2D eigenvalue weighted by Crippen LogP contribution is -2.27. The summed E-state index contributed by atoms with van der Waals surface area (Å²) in [6.07, 6.45) is 0.404. The van der Waals surface area contributed by atoms with Crippen LogP contribution in [0.3, 0.4) is 0 Å². The quantitative estimate of drug-likeness (QED) is 0.833. The van der Waals surface area contributed by atoms with Gasteiger partial charge < -0.3 is 9.84 Å². The van der Waals surface area contributed by atoms with E-state index in [9.17, 15) is 9.90 Å². The maximum absolute atomic E-state index is 11.3. The summed E-state index contributed by atoms with van der Waals surface area (Å²) < 4.78 is 5.23. The van der Waals surface area contributed by atoms with E-state index in [1.165, 1.54) is 0 Å². The van der Waals surface area contributed by atoms with E-state index < -0.39 is 11.9 Å². The molecular weight excluding hydrogens is 204 g/mol. The van der Waals surface area contributed by atoms with Gasteiger partial charge in [-0.15, -0.1) is 0 Å². The van der Waals surface area contributed by atoms with Crippen molar-refractivity contribution in [2.75, 3.05) is 7.11 Å². The first-order chi connectivity index (χ1) is 7.60. The van der Waals surface area contributed by atoms with E-state index in [-0.39, 0.29) is 6.10 Å². The molecule has 0 aromatic heterocycles. The predicted molar refractivity (Wildman–Crippen MR) is 62.6 cm³/mol. The lowest BCUT2D eigenvalue weighted by atomic mass is 9.91. The van der Waals surface area contributed by atoms with Crippen LogP contribution < -0.4 is 0 Å². The van der Waals surface area contributed by atoms with Crippen molar-refractivity contribution < 1.29 is 14.6 Å². The molecule has 3 nitrogen and oxygen atoms in total. The third-order valence-electron chi connectivity index (χ3n) is 2.78. The molecule has 16 heavy (non-hydrogen) atoms. The first kappa shape index (κ1) is 12.7. The van der Waals surface area contributed by atoms with Gasteiger partial charge in [-0.3, -0.25) is 4.79 Å². The Morgan fingerprint density at radius 3 is 2.31 bits per heavy atom. The molecule has 0 amide bonds. The summed E-state index contributed by atoms with van der Waals surface area (Å²) in [4.78, 5) is 11.3. The maximum Gasteiger partial charge on any atom is 0.313 e. The number of aryl methyl sites for hydroxylation is 1. The molecule has 0 saturated carbocycles. The summed E-state index contributed by atoms with van der Waals surface area (Å²) in [5, 5.41) is 9.25. The molecule has 0 aliphatic heterocycles. The first-order valence-electron chi connectivity index (χ1n) is 5.42. The van der Waals surface area contributed by atoms with Crippen molar-refractivity contribution in [3.63, 3.8) is 0 Å². The molecular formula is C13H18O3. The number of rotatable bonds is 5. The number of carboxylic acids is 1. The minimum absolute atomic E-state index is 0.278. The van der Waals surface area contributed by atoms with E-state index in [2.05, 4.69) is 0 Å². The molecule has 0 aliphatic carbocycles. The Morgan fingerprint density at radius 1 is 1.38 bits per heavy atom. The van der Waals surface area contributed by atoms with Crippen LogP contribution in [0.4, 0.5) is 0 Å². The van der Waals surface area contributed by atoms with E-state index in [1.54, 1.807) is 7.11 Å². The summed E-state index contributed by atoms with van der Waals surface area (Å²) in [6, 6.07) is 7.56. The molecule has 0 bridgehead atoms. The zero-order valence-electron chi connectivity index (χ0n) is 9.93. The van der Waals surface area contributed by atoms with E-state index in [0.29, 0.717) is 6.42 Å². The number of hydrogen-bond acceptors (Lipinski definition) is 2. The summed E-state index contributed by atoms with van der Waals surface area (Å²) >= 11 is 0. The van der Waals surface area contributed by atoms with Crippen molar-refractivity contribution in [2.24, 2.45) is 0 Å². The van der Waals surface area contributed by atoms with Crippen LogP contribution >= 0.6 is 0 Å². The predicted octanol–water partition coefficient (Wildman–Crippen LogP) is 2.59. The highest BCUT2D eigenvalue weighted by Crippen LogP contribution is 2.24. The molecule has 2 atom stereocenters. The number of methoxy groups -OCH3 is 1. The average Bonchev–Trinajstić information content (AvgIpc) is 2.27. The van der Waals surface area contributed by atoms with Gasteiger partial charge in [0.1, 0.15) is 5.92 Å². The van der Waals surface area contributed by atoms with Gasteiger partial charge in [-0.2, -0.15) is 0 Å². The van der Waals surface area contributed by atoms with E-state index in [0.717, 1.165) is 11.1 Å². The zero-order chi connectivity index (χ0) is 12.1. The Balaban J connectivity index is 3.02. The van der Waals surface area contributed by atoms with Crippen LogP contribution in [0, 0.1) is 6.92 Å². The molecule has 2 unspecified atom stereocenters. The summed E-state index contributed by atoms with van der Waals surface area (Å²) in [5.74, 6) is -1.42. The zero-order valence-corrected chi connectivity index (χ0v) is 9.93. The molecule has 1 N–H and O–H groups in total. The highest BCUT2D eigenvalue weighted by molar-refractivity contribution is 5.77. The van der Waals surface area contributed by atoms with Crippen LogP contribution in [0.15, 0.2) is 24.3 Å². The Morgan fingerprint density at radius 2 is 1.94 bits per heavy atom. The number of carboxylic acid groups (broad SMARTS) is 1. The number of ether oxygens (including phenoxy) is 1. The van der Waals surface area contributed by atoms with Gasteiger partial charge in [0.25, 0.3) is 0 Å². The highest BCUT2D eigenvalue weighted by Gasteiger charge is 2.28. The van der Waals surface area contributed by atoms with Crippen LogP contribution in [0.1, 0.15) is 30.4 Å². The van der Waals surface area contributed by atoms with Crippen molar-refractivity contribution >= 4 is 5.97 Å². The lowest BCUT2D eigenvalue weighted by Gasteiger charge is -2.21. The third kappa shape index (κ3) is 2.83.